The van der Waals surface area contributed by atoms with Gasteiger partial charge in [-0.3, -0.25) is 9.69 Å². The van der Waals surface area contributed by atoms with E-state index in [1.54, 1.807) is 0 Å². The molecule has 13 heavy (non-hydrogen) atoms. The quantitative estimate of drug-likeness (QED) is 0.522. The van der Waals surface area contributed by atoms with Gasteiger partial charge in [-0.1, -0.05) is 6.42 Å². The van der Waals surface area contributed by atoms with E-state index in [1.165, 1.54) is 19.3 Å². The van der Waals surface area contributed by atoms with E-state index in [9.17, 15) is 4.79 Å². The Labute approximate surface area is 80.5 Å². The summed E-state index contributed by atoms with van der Waals surface area (Å²) in [6, 6.07) is 1.36. The van der Waals surface area contributed by atoms with E-state index in [2.05, 4.69) is 24.1 Å². The number of carbonyl (C=O) groups excluding carboxylic acids is 1. The third-order valence-electron chi connectivity index (χ3n) is 2.97. The van der Waals surface area contributed by atoms with Crippen LogP contribution in [0.1, 0.15) is 33.1 Å². The Hall–Kier alpha value is -0.570. The fraction of sp³-hybridized carbons (Fsp3) is 0.900. The smallest absolute Gasteiger partial charge is 0.207 e. The molecule has 1 aliphatic heterocycles. The van der Waals surface area contributed by atoms with E-state index in [0.29, 0.717) is 12.1 Å². The summed E-state index contributed by atoms with van der Waals surface area (Å²) < 4.78 is 0. The molecule has 1 saturated heterocycles. The van der Waals surface area contributed by atoms with Crippen LogP contribution in [-0.2, 0) is 4.79 Å². The first-order valence-corrected chi connectivity index (χ1v) is 5.18. The van der Waals surface area contributed by atoms with Crippen molar-refractivity contribution in [3.8, 4) is 0 Å². The van der Waals surface area contributed by atoms with Crippen LogP contribution in [0.25, 0.3) is 0 Å². The summed E-state index contributed by atoms with van der Waals surface area (Å²) in [6.07, 6.45) is 4.72. The van der Waals surface area contributed by atoms with Crippen LogP contribution in [0.3, 0.4) is 0 Å². The van der Waals surface area contributed by atoms with Crippen molar-refractivity contribution in [3.63, 3.8) is 0 Å². The molecule has 1 N–H and O–H groups in total. The zero-order chi connectivity index (χ0) is 9.68. The van der Waals surface area contributed by atoms with Gasteiger partial charge in [-0.15, -0.1) is 0 Å². The predicted octanol–water partition coefficient (Wildman–Crippen LogP) is 0.995. The monoisotopic (exact) mass is 184 g/mol. The molecule has 0 aromatic heterocycles. The maximum absolute atomic E-state index is 10.1. The molecule has 0 aromatic rings. The Morgan fingerprint density at radius 3 is 2.54 bits per heavy atom. The lowest BCUT2D eigenvalue weighted by Crippen LogP contribution is -2.46. The molecular weight excluding hydrogens is 164 g/mol. The summed E-state index contributed by atoms with van der Waals surface area (Å²) in [5.74, 6) is 0. The van der Waals surface area contributed by atoms with Gasteiger partial charge >= 0.3 is 0 Å². The van der Waals surface area contributed by atoms with Crippen molar-refractivity contribution >= 4 is 6.41 Å². The van der Waals surface area contributed by atoms with Crippen LogP contribution in [0.2, 0.25) is 0 Å². The van der Waals surface area contributed by atoms with E-state index in [-0.39, 0.29) is 0 Å². The van der Waals surface area contributed by atoms with Gasteiger partial charge in [0.25, 0.3) is 0 Å². The lowest BCUT2D eigenvalue weighted by molar-refractivity contribution is -0.109. The Bertz CT molecular complexity index is 151. The van der Waals surface area contributed by atoms with Crippen LogP contribution in [0.4, 0.5) is 0 Å². The first-order valence-electron chi connectivity index (χ1n) is 5.18. The summed E-state index contributed by atoms with van der Waals surface area (Å²) in [4.78, 5) is 12.6. The molecule has 0 bridgehead atoms. The molecule has 0 aliphatic carbocycles. The molecule has 1 aliphatic rings. The van der Waals surface area contributed by atoms with E-state index >= 15 is 0 Å². The standard InChI is InChI=1S/C10H20N2O/c1-9-4-3-5-10(2)12(9)7-6-11-8-13/h8-10H,3-7H2,1-2H3,(H,11,13)/t9-,10+. The maximum Gasteiger partial charge on any atom is 0.207 e. The Morgan fingerprint density at radius 1 is 1.38 bits per heavy atom. The van der Waals surface area contributed by atoms with Gasteiger partial charge in [0.1, 0.15) is 0 Å². The number of nitrogens with one attached hydrogen (secondary N) is 1. The molecule has 1 amide bonds. The largest absolute Gasteiger partial charge is 0.357 e. The minimum absolute atomic E-state index is 0.678. The van der Waals surface area contributed by atoms with Crippen LogP contribution in [0.15, 0.2) is 0 Å². The number of piperidine rings is 1. The van der Waals surface area contributed by atoms with Gasteiger partial charge in [0.2, 0.25) is 6.41 Å². The minimum atomic E-state index is 0.678. The average Bonchev–Trinajstić information content (AvgIpc) is 2.10. The summed E-state index contributed by atoms with van der Waals surface area (Å²) in [7, 11) is 0. The third-order valence-corrected chi connectivity index (χ3v) is 2.97. The number of rotatable bonds is 4. The topological polar surface area (TPSA) is 32.3 Å². The molecule has 0 radical (unpaired) electrons. The molecule has 3 heteroatoms. The summed E-state index contributed by atoms with van der Waals surface area (Å²) in [5.41, 5.74) is 0. The molecule has 0 aromatic carbocycles. The highest BCUT2D eigenvalue weighted by Gasteiger charge is 2.23. The molecular formula is C10H20N2O. The second-order valence-corrected chi connectivity index (χ2v) is 3.94. The number of nitrogens with zero attached hydrogens (tertiary/aromatic N) is 1. The van der Waals surface area contributed by atoms with Gasteiger partial charge in [0, 0.05) is 25.2 Å². The highest BCUT2D eigenvalue weighted by molar-refractivity contribution is 5.45. The van der Waals surface area contributed by atoms with Crippen molar-refractivity contribution in [2.24, 2.45) is 0 Å². The Morgan fingerprint density at radius 2 is 2.00 bits per heavy atom. The Kier molecular flexibility index (Phi) is 4.22. The zero-order valence-corrected chi connectivity index (χ0v) is 8.62. The van der Waals surface area contributed by atoms with Crippen LogP contribution in [0.5, 0.6) is 0 Å². The normalized spacial score (nSPS) is 30.0. The van der Waals surface area contributed by atoms with Gasteiger partial charge in [0.05, 0.1) is 0 Å². The molecule has 0 spiro atoms. The lowest BCUT2D eigenvalue weighted by atomic mass is 9.98. The highest BCUT2D eigenvalue weighted by Crippen LogP contribution is 2.21. The number of carbonyl (C=O) groups is 1. The molecule has 0 unspecified atom stereocenters. The van der Waals surface area contributed by atoms with Gasteiger partial charge in [-0.25, -0.2) is 0 Å². The first kappa shape index (κ1) is 10.5. The number of likely N-dealkylation sites (tertiary alicyclic amines) is 1. The van der Waals surface area contributed by atoms with E-state index in [0.717, 1.165) is 19.5 Å². The summed E-state index contributed by atoms with van der Waals surface area (Å²) >= 11 is 0. The molecule has 0 saturated carbocycles. The second-order valence-electron chi connectivity index (χ2n) is 3.94. The number of hydrogen-bond acceptors (Lipinski definition) is 2. The molecule has 3 nitrogen and oxygen atoms in total. The van der Waals surface area contributed by atoms with E-state index in [4.69, 9.17) is 0 Å². The molecule has 76 valence electrons. The van der Waals surface area contributed by atoms with Crippen molar-refractivity contribution < 1.29 is 4.79 Å². The van der Waals surface area contributed by atoms with Gasteiger partial charge in [0.15, 0.2) is 0 Å². The average molecular weight is 184 g/mol. The van der Waals surface area contributed by atoms with Gasteiger partial charge < -0.3 is 5.32 Å². The summed E-state index contributed by atoms with van der Waals surface area (Å²) in [6.45, 7) is 6.31. The van der Waals surface area contributed by atoms with Crippen LogP contribution >= 0.6 is 0 Å². The molecule has 1 fully saturated rings. The van der Waals surface area contributed by atoms with Crippen LogP contribution in [-0.4, -0.2) is 36.5 Å². The molecule has 1 rings (SSSR count). The fourth-order valence-electron chi connectivity index (χ4n) is 2.17. The first-order chi connectivity index (χ1) is 6.25. The lowest BCUT2D eigenvalue weighted by Gasteiger charge is -2.38. The minimum Gasteiger partial charge on any atom is -0.357 e. The SMILES string of the molecule is C[C@@H]1CCC[C@H](C)N1CCNC=O. The van der Waals surface area contributed by atoms with Crippen molar-refractivity contribution in [1.82, 2.24) is 10.2 Å². The predicted molar refractivity (Wildman–Crippen MR) is 53.5 cm³/mol. The third kappa shape index (κ3) is 2.99. The van der Waals surface area contributed by atoms with Crippen molar-refractivity contribution in [2.45, 2.75) is 45.2 Å². The van der Waals surface area contributed by atoms with Crippen molar-refractivity contribution in [2.75, 3.05) is 13.1 Å². The van der Waals surface area contributed by atoms with Crippen molar-refractivity contribution in [3.05, 3.63) is 0 Å². The Balaban J connectivity index is 2.30. The van der Waals surface area contributed by atoms with E-state index in [1.807, 2.05) is 0 Å². The number of hydrogen-bond donors (Lipinski definition) is 1. The van der Waals surface area contributed by atoms with Gasteiger partial charge in [-0.2, -0.15) is 0 Å². The van der Waals surface area contributed by atoms with Crippen LogP contribution in [0, 0.1) is 0 Å². The summed E-state index contributed by atoms with van der Waals surface area (Å²) in [5, 5.41) is 2.71. The van der Waals surface area contributed by atoms with E-state index < -0.39 is 0 Å². The molecule has 2 atom stereocenters. The maximum atomic E-state index is 10.1. The number of amides is 1. The second kappa shape index (κ2) is 5.22. The van der Waals surface area contributed by atoms with Gasteiger partial charge in [-0.05, 0) is 26.7 Å². The van der Waals surface area contributed by atoms with Crippen molar-refractivity contribution in [1.29, 1.82) is 0 Å². The molecule has 1 heterocycles. The highest BCUT2D eigenvalue weighted by atomic mass is 16.1. The van der Waals surface area contributed by atoms with Crippen LogP contribution < -0.4 is 5.32 Å². The zero-order valence-electron chi connectivity index (χ0n) is 8.62. The fourth-order valence-corrected chi connectivity index (χ4v) is 2.17.